The lowest BCUT2D eigenvalue weighted by Gasteiger charge is -2.12. The van der Waals surface area contributed by atoms with Crippen LogP contribution in [0, 0.1) is 6.92 Å². The third-order valence-corrected chi connectivity index (χ3v) is 5.02. The van der Waals surface area contributed by atoms with Gasteiger partial charge in [-0.3, -0.25) is 14.6 Å². The van der Waals surface area contributed by atoms with E-state index in [1.165, 1.54) is 4.68 Å². The van der Waals surface area contributed by atoms with Gasteiger partial charge in [0, 0.05) is 36.1 Å². The number of halogens is 1. The summed E-state index contributed by atoms with van der Waals surface area (Å²) in [5.41, 5.74) is 8.26. The molecular formula is C22H24ClN5O3. The van der Waals surface area contributed by atoms with Crippen molar-refractivity contribution >= 4 is 17.5 Å². The first-order chi connectivity index (χ1) is 15.0. The Morgan fingerprint density at radius 2 is 2.00 bits per heavy atom. The molecule has 8 nitrogen and oxygen atoms in total. The third kappa shape index (κ3) is 6.13. The number of carbonyl (C=O) groups excluding carboxylic acids is 1. The number of aromatic nitrogens is 3. The molecule has 0 fully saturated rings. The van der Waals surface area contributed by atoms with E-state index in [9.17, 15) is 9.59 Å². The molecule has 0 aliphatic heterocycles. The maximum Gasteiger partial charge on any atom is 0.270 e. The monoisotopic (exact) mass is 441 g/mol. The summed E-state index contributed by atoms with van der Waals surface area (Å²) in [6.07, 6.45) is 4.79. The van der Waals surface area contributed by atoms with Gasteiger partial charge in [0.2, 0.25) is 5.91 Å². The summed E-state index contributed by atoms with van der Waals surface area (Å²) < 4.78 is 6.90. The lowest BCUT2D eigenvalue weighted by molar-refractivity contribution is -0.120. The number of carbonyl (C=O) groups is 1. The zero-order valence-electron chi connectivity index (χ0n) is 17.2. The van der Waals surface area contributed by atoms with Crippen LogP contribution in [0.2, 0.25) is 5.02 Å². The van der Waals surface area contributed by atoms with Crippen molar-refractivity contribution in [2.45, 2.75) is 33.0 Å². The fourth-order valence-corrected chi connectivity index (χ4v) is 3.24. The van der Waals surface area contributed by atoms with E-state index in [2.05, 4.69) is 15.4 Å². The Morgan fingerprint density at radius 1 is 1.23 bits per heavy atom. The van der Waals surface area contributed by atoms with Gasteiger partial charge < -0.3 is 15.8 Å². The van der Waals surface area contributed by atoms with Crippen LogP contribution in [0.5, 0.6) is 5.75 Å². The van der Waals surface area contributed by atoms with Crippen LogP contribution in [0.4, 0.5) is 0 Å². The third-order valence-electron chi connectivity index (χ3n) is 4.78. The number of ether oxygens (including phenoxy) is 1. The molecule has 1 aromatic carbocycles. The smallest absolute Gasteiger partial charge is 0.270 e. The lowest BCUT2D eigenvalue weighted by atomic mass is 10.1. The SMILES string of the molecule is Cc1cnn(CCOc2ccncc2)c(=O)c1CC(=O)NCc1cc(Cl)ccc1CN. The molecule has 0 saturated carbocycles. The molecule has 0 aliphatic rings. The molecule has 3 N–H and O–H groups in total. The molecular weight excluding hydrogens is 418 g/mol. The molecule has 0 saturated heterocycles. The van der Waals surface area contributed by atoms with Crippen LogP contribution >= 0.6 is 11.6 Å². The highest BCUT2D eigenvalue weighted by molar-refractivity contribution is 6.30. The number of hydrogen-bond acceptors (Lipinski definition) is 6. The van der Waals surface area contributed by atoms with Crippen LogP contribution in [0.1, 0.15) is 22.3 Å². The van der Waals surface area contributed by atoms with E-state index in [4.69, 9.17) is 22.1 Å². The molecule has 1 amide bonds. The zero-order valence-corrected chi connectivity index (χ0v) is 17.9. The average molecular weight is 442 g/mol. The largest absolute Gasteiger partial charge is 0.492 e. The number of rotatable bonds is 9. The molecule has 9 heteroatoms. The predicted molar refractivity (Wildman–Crippen MR) is 118 cm³/mol. The van der Waals surface area contributed by atoms with Crippen molar-refractivity contribution in [3.63, 3.8) is 0 Å². The van der Waals surface area contributed by atoms with Crippen LogP contribution in [-0.2, 0) is 30.8 Å². The van der Waals surface area contributed by atoms with E-state index in [1.54, 1.807) is 49.8 Å². The fraction of sp³-hybridized carbons (Fsp3) is 0.273. The molecule has 2 aromatic heterocycles. The molecule has 31 heavy (non-hydrogen) atoms. The molecule has 3 aromatic rings. The van der Waals surface area contributed by atoms with Crippen molar-refractivity contribution in [2.75, 3.05) is 6.61 Å². The topological polar surface area (TPSA) is 112 Å². The summed E-state index contributed by atoms with van der Waals surface area (Å²) in [7, 11) is 0. The molecule has 0 spiro atoms. The maximum absolute atomic E-state index is 12.8. The quantitative estimate of drug-likeness (QED) is 0.525. The second-order valence-electron chi connectivity index (χ2n) is 6.94. The van der Waals surface area contributed by atoms with E-state index < -0.39 is 0 Å². The van der Waals surface area contributed by atoms with Crippen LogP contribution in [0.15, 0.2) is 53.7 Å². The van der Waals surface area contributed by atoms with Crippen LogP contribution in [0.25, 0.3) is 0 Å². The van der Waals surface area contributed by atoms with Gasteiger partial charge in [0.25, 0.3) is 5.56 Å². The van der Waals surface area contributed by atoms with E-state index in [-0.39, 0.29) is 37.6 Å². The van der Waals surface area contributed by atoms with Crippen molar-refractivity contribution < 1.29 is 9.53 Å². The van der Waals surface area contributed by atoms with Crippen LogP contribution in [0.3, 0.4) is 0 Å². The van der Waals surface area contributed by atoms with E-state index in [1.807, 2.05) is 6.07 Å². The number of nitrogens with one attached hydrogen (secondary N) is 1. The Labute approximate surface area is 185 Å². The number of nitrogens with zero attached hydrogens (tertiary/aromatic N) is 3. The van der Waals surface area contributed by atoms with Gasteiger partial charge in [-0.25, -0.2) is 4.68 Å². The molecule has 0 radical (unpaired) electrons. The van der Waals surface area contributed by atoms with Crippen molar-refractivity contribution in [1.82, 2.24) is 20.1 Å². The van der Waals surface area contributed by atoms with E-state index in [0.717, 1.165) is 11.1 Å². The van der Waals surface area contributed by atoms with Gasteiger partial charge in [-0.1, -0.05) is 17.7 Å². The second-order valence-corrected chi connectivity index (χ2v) is 7.37. The average Bonchev–Trinajstić information content (AvgIpc) is 2.77. The van der Waals surface area contributed by atoms with Gasteiger partial charge in [-0.05, 0) is 47.9 Å². The van der Waals surface area contributed by atoms with Crippen molar-refractivity contribution in [3.8, 4) is 5.75 Å². The minimum atomic E-state index is -0.307. The number of benzene rings is 1. The van der Waals surface area contributed by atoms with Crippen molar-refractivity contribution in [1.29, 1.82) is 0 Å². The summed E-state index contributed by atoms with van der Waals surface area (Å²) in [6.45, 7) is 2.92. The van der Waals surface area contributed by atoms with Gasteiger partial charge >= 0.3 is 0 Å². The fourth-order valence-electron chi connectivity index (χ4n) is 3.04. The summed E-state index contributed by atoms with van der Waals surface area (Å²) >= 11 is 6.04. The standard InChI is InChI=1S/C22H24ClN5O3/c1-15-13-27-28(8-9-31-19-4-6-25-7-5-19)22(30)20(15)11-21(29)26-14-17-10-18(23)3-2-16(17)12-24/h2-7,10,13H,8-9,11-12,14,24H2,1H3,(H,26,29). The molecule has 3 rings (SSSR count). The van der Waals surface area contributed by atoms with Gasteiger partial charge in [-0.15, -0.1) is 0 Å². The highest BCUT2D eigenvalue weighted by Crippen LogP contribution is 2.16. The van der Waals surface area contributed by atoms with Gasteiger partial charge in [0.15, 0.2) is 0 Å². The summed E-state index contributed by atoms with van der Waals surface area (Å²) in [6, 6.07) is 8.84. The van der Waals surface area contributed by atoms with Crippen molar-refractivity contribution in [2.24, 2.45) is 5.73 Å². The van der Waals surface area contributed by atoms with Gasteiger partial charge in [0.05, 0.1) is 19.2 Å². The van der Waals surface area contributed by atoms with Gasteiger partial charge in [0.1, 0.15) is 12.4 Å². The number of nitrogens with two attached hydrogens (primary N) is 1. The summed E-state index contributed by atoms with van der Waals surface area (Å²) in [5.74, 6) is 0.390. The summed E-state index contributed by atoms with van der Waals surface area (Å²) in [5, 5.41) is 7.56. The Hall–Kier alpha value is -3.23. The summed E-state index contributed by atoms with van der Waals surface area (Å²) in [4.78, 5) is 29.2. The first-order valence-corrected chi connectivity index (χ1v) is 10.2. The molecule has 0 unspecified atom stereocenters. The Balaban J connectivity index is 1.63. The van der Waals surface area contributed by atoms with Crippen LogP contribution < -0.4 is 21.3 Å². The second kappa shape index (κ2) is 10.7. The first kappa shape index (κ1) is 22.5. The van der Waals surface area contributed by atoms with E-state index in [0.29, 0.717) is 28.4 Å². The molecule has 2 heterocycles. The zero-order chi connectivity index (χ0) is 22.2. The van der Waals surface area contributed by atoms with Crippen molar-refractivity contribution in [3.05, 3.63) is 86.6 Å². The predicted octanol–water partition coefficient (Wildman–Crippen LogP) is 2.00. The Morgan fingerprint density at radius 3 is 2.74 bits per heavy atom. The first-order valence-electron chi connectivity index (χ1n) is 9.80. The maximum atomic E-state index is 12.8. The number of hydrogen-bond donors (Lipinski definition) is 2. The lowest BCUT2D eigenvalue weighted by Crippen LogP contribution is -2.33. The normalized spacial score (nSPS) is 10.7. The minimum Gasteiger partial charge on any atom is -0.492 e. The number of pyridine rings is 1. The number of amides is 1. The highest BCUT2D eigenvalue weighted by Gasteiger charge is 2.14. The molecule has 0 aliphatic carbocycles. The van der Waals surface area contributed by atoms with E-state index >= 15 is 0 Å². The van der Waals surface area contributed by atoms with Crippen LogP contribution in [-0.4, -0.2) is 27.3 Å². The molecule has 0 bridgehead atoms. The Kier molecular flexibility index (Phi) is 7.75. The molecule has 162 valence electrons. The van der Waals surface area contributed by atoms with Gasteiger partial charge in [-0.2, -0.15) is 5.10 Å². The number of aryl methyl sites for hydroxylation is 1. The minimum absolute atomic E-state index is 0.0447. The Bertz CT molecular complexity index is 1100. The molecule has 0 atom stereocenters. The highest BCUT2D eigenvalue weighted by atomic mass is 35.5.